The van der Waals surface area contributed by atoms with Gasteiger partial charge in [0.15, 0.2) is 0 Å². The number of nitrogens with two attached hydrogens (primary N) is 1. The molecule has 1 aliphatic heterocycles. The molecule has 0 amide bonds. The summed E-state index contributed by atoms with van der Waals surface area (Å²) in [6, 6.07) is 8.91. The third-order valence-electron chi connectivity index (χ3n) is 3.83. The van der Waals surface area contributed by atoms with Gasteiger partial charge in [-0.05, 0) is 44.4 Å². The molecule has 1 unspecified atom stereocenters. The van der Waals surface area contributed by atoms with Crippen LogP contribution in [-0.2, 0) is 4.74 Å². The Bertz CT molecular complexity index is 391. The van der Waals surface area contributed by atoms with Gasteiger partial charge in [0.2, 0.25) is 0 Å². The van der Waals surface area contributed by atoms with Crippen LogP contribution in [-0.4, -0.2) is 39.4 Å². The lowest BCUT2D eigenvalue weighted by Gasteiger charge is -2.25. The number of methoxy groups -OCH3 is 1. The Balaban J connectivity index is 2.05. The molecule has 1 aromatic carbocycles. The molecule has 112 valence electrons. The molecule has 1 saturated heterocycles. The van der Waals surface area contributed by atoms with Crippen molar-refractivity contribution < 1.29 is 4.74 Å². The lowest BCUT2D eigenvalue weighted by atomic mass is 10.1. The lowest BCUT2D eigenvalue weighted by molar-refractivity contribution is 0.182. The number of para-hydroxylation sites is 2. The van der Waals surface area contributed by atoms with Gasteiger partial charge in [0, 0.05) is 26.2 Å². The van der Waals surface area contributed by atoms with Gasteiger partial charge in [0.05, 0.1) is 18.0 Å². The third-order valence-corrected chi connectivity index (χ3v) is 3.83. The first-order chi connectivity index (χ1) is 9.85. The van der Waals surface area contributed by atoms with Crippen LogP contribution in [0.25, 0.3) is 0 Å². The van der Waals surface area contributed by atoms with Crippen molar-refractivity contribution in [2.24, 2.45) is 5.73 Å². The molecule has 4 nitrogen and oxygen atoms in total. The summed E-state index contributed by atoms with van der Waals surface area (Å²) < 4.78 is 5.32. The Morgan fingerprint density at radius 2 is 2.05 bits per heavy atom. The van der Waals surface area contributed by atoms with Gasteiger partial charge in [-0.15, -0.1) is 0 Å². The van der Waals surface area contributed by atoms with E-state index >= 15 is 0 Å². The molecule has 3 N–H and O–H groups in total. The van der Waals surface area contributed by atoms with Crippen LogP contribution in [0.1, 0.15) is 25.7 Å². The first-order valence-electron chi connectivity index (χ1n) is 7.64. The van der Waals surface area contributed by atoms with Crippen LogP contribution in [0, 0.1) is 0 Å². The third kappa shape index (κ3) is 4.12. The summed E-state index contributed by atoms with van der Waals surface area (Å²) in [5.74, 6) is 0. The van der Waals surface area contributed by atoms with Crippen molar-refractivity contribution in [2.75, 3.05) is 43.6 Å². The molecule has 4 heteroatoms. The molecule has 0 bridgehead atoms. The van der Waals surface area contributed by atoms with Crippen LogP contribution in [0.5, 0.6) is 0 Å². The number of rotatable bonds is 8. The number of hydrogen-bond donors (Lipinski definition) is 2. The first-order valence-corrected chi connectivity index (χ1v) is 7.64. The van der Waals surface area contributed by atoms with Crippen LogP contribution in [0.3, 0.4) is 0 Å². The standard InChI is InChI=1S/C16H27N3O/c1-20-13-14(7-6-10-17)18-15-8-2-3-9-16(15)19-11-4-5-12-19/h2-3,8-9,14,18H,4-7,10-13,17H2,1H3. The van der Waals surface area contributed by atoms with Crippen molar-refractivity contribution in [2.45, 2.75) is 31.7 Å². The zero-order valence-corrected chi connectivity index (χ0v) is 12.5. The molecule has 0 saturated carbocycles. The minimum atomic E-state index is 0.326. The van der Waals surface area contributed by atoms with E-state index in [0.29, 0.717) is 12.6 Å². The highest BCUT2D eigenvalue weighted by molar-refractivity contribution is 5.70. The van der Waals surface area contributed by atoms with Gasteiger partial charge < -0.3 is 20.7 Å². The van der Waals surface area contributed by atoms with E-state index in [-0.39, 0.29) is 0 Å². The average Bonchev–Trinajstić information content (AvgIpc) is 2.99. The monoisotopic (exact) mass is 277 g/mol. The SMILES string of the molecule is COCC(CCCN)Nc1ccccc1N1CCCC1. The van der Waals surface area contributed by atoms with Crippen LogP contribution >= 0.6 is 0 Å². The second kappa shape index (κ2) is 8.12. The van der Waals surface area contributed by atoms with Crippen molar-refractivity contribution in [1.82, 2.24) is 0 Å². The van der Waals surface area contributed by atoms with E-state index in [0.717, 1.165) is 32.5 Å². The molecule has 0 radical (unpaired) electrons. The van der Waals surface area contributed by atoms with Crippen molar-refractivity contribution in [1.29, 1.82) is 0 Å². The Labute approximate surface area is 122 Å². The van der Waals surface area contributed by atoms with Gasteiger partial charge in [-0.1, -0.05) is 12.1 Å². The lowest BCUT2D eigenvalue weighted by Crippen LogP contribution is -2.27. The summed E-state index contributed by atoms with van der Waals surface area (Å²) in [6.45, 7) is 3.77. The molecular weight excluding hydrogens is 250 g/mol. The Kier molecular flexibility index (Phi) is 6.15. The highest BCUT2D eigenvalue weighted by atomic mass is 16.5. The molecule has 0 spiro atoms. The maximum absolute atomic E-state index is 5.62. The number of benzene rings is 1. The summed E-state index contributed by atoms with van der Waals surface area (Å²) >= 11 is 0. The Morgan fingerprint density at radius 3 is 2.75 bits per heavy atom. The number of ether oxygens (including phenoxy) is 1. The molecule has 2 rings (SSSR count). The number of nitrogens with one attached hydrogen (secondary N) is 1. The second-order valence-electron chi connectivity index (χ2n) is 5.44. The fourth-order valence-corrected chi connectivity index (χ4v) is 2.81. The summed E-state index contributed by atoms with van der Waals surface area (Å²) in [5.41, 5.74) is 8.15. The van der Waals surface area contributed by atoms with E-state index < -0.39 is 0 Å². The van der Waals surface area contributed by atoms with Crippen LogP contribution in [0.2, 0.25) is 0 Å². The molecule has 1 aromatic rings. The van der Waals surface area contributed by atoms with E-state index in [9.17, 15) is 0 Å². The predicted molar refractivity (Wildman–Crippen MR) is 85.5 cm³/mol. The van der Waals surface area contributed by atoms with Crippen molar-refractivity contribution in [3.8, 4) is 0 Å². The van der Waals surface area contributed by atoms with Crippen molar-refractivity contribution >= 4 is 11.4 Å². The summed E-state index contributed by atoms with van der Waals surface area (Å²) in [5, 5.41) is 3.64. The summed E-state index contributed by atoms with van der Waals surface area (Å²) in [4.78, 5) is 2.47. The minimum absolute atomic E-state index is 0.326. The zero-order chi connectivity index (χ0) is 14.2. The zero-order valence-electron chi connectivity index (χ0n) is 12.5. The first kappa shape index (κ1) is 15.1. The molecule has 1 aliphatic rings. The summed E-state index contributed by atoms with van der Waals surface area (Å²) in [7, 11) is 1.75. The van der Waals surface area contributed by atoms with Crippen LogP contribution in [0.15, 0.2) is 24.3 Å². The fraction of sp³-hybridized carbons (Fsp3) is 0.625. The van der Waals surface area contributed by atoms with E-state index in [1.54, 1.807) is 7.11 Å². The largest absolute Gasteiger partial charge is 0.383 e. The molecule has 0 aromatic heterocycles. The highest BCUT2D eigenvalue weighted by Gasteiger charge is 2.17. The van der Waals surface area contributed by atoms with Crippen LogP contribution < -0.4 is 16.0 Å². The van der Waals surface area contributed by atoms with E-state index in [4.69, 9.17) is 10.5 Å². The minimum Gasteiger partial charge on any atom is -0.383 e. The molecule has 1 heterocycles. The maximum atomic E-state index is 5.62. The smallest absolute Gasteiger partial charge is 0.0664 e. The van der Waals surface area contributed by atoms with E-state index in [1.807, 2.05) is 0 Å². The quantitative estimate of drug-likeness (QED) is 0.766. The topological polar surface area (TPSA) is 50.5 Å². The van der Waals surface area contributed by atoms with Crippen molar-refractivity contribution in [3.63, 3.8) is 0 Å². The molecule has 1 fully saturated rings. The molecule has 20 heavy (non-hydrogen) atoms. The van der Waals surface area contributed by atoms with Crippen LogP contribution in [0.4, 0.5) is 11.4 Å². The summed E-state index contributed by atoms with van der Waals surface area (Å²) in [6.07, 6.45) is 4.65. The molecular formula is C16H27N3O. The second-order valence-corrected chi connectivity index (χ2v) is 5.44. The predicted octanol–water partition coefficient (Wildman–Crippen LogP) is 2.45. The fourth-order valence-electron chi connectivity index (χ4n) is 2.81. The Morgan fingerprint density at radius 1 is 1.30 bits per heavy atom. The van der Waals surface area contributed by atoms with Gasteiger partial charge in [-0.25, -0.2) is 0 Å². The molecule has 1 atom stereocenters. The average molecular weight is 277 g/mol. The molecule has 0 aliphatic carbocycles. The number of anilines is 2. The number of nitrogens with zero attached hydrogens (tertiary/aromatic N) is 1. The van der Waals surface area contributed by atoms with Gasteiger partial charge in [-0.3, -0.25) is 0 Å². The van der Waals surface area contributed by atoms with E-state index in [1.165, 1.54) is 24.2 Å². The normalized spacial score (nSPS) is 16.4. The van der Waals surface area contributed by atoms with E-state index in [2.05, 4.69) is 34.5 Å². The number of hydrogen-bond acceptors (Lipinski definition) is 4. The highest BCUT2D eigenvalue weighted by Crippen LogP contribution is 2.29. The van der Waals surface area contributed by atoms with Gasteiger partial charge in [-0.2, -0.15) is 0 Å². The van der Waals surface area contributed by atoms with Gasteiger partial charge in [0.25, 0.3) is 0 Å². The Hall–Kier alpha value is -1.26. The van der Waals surface area contributed by atoms with Gasteiger partial charge >= 0.3 is 0 Å². The maximum Gasteiger partial charge on any atom is 0.0664 e. The van der Waals surface area contributed by atoms with Crippen molar-refractivity contribution in [3.05, 3.63) is 24.3 Å². The van der Waals surface area contributed by atoms with Gasteiger partial charge in [0.1, 0.15) is 0 Å².